The van der Waals surface area contributed by atoms with Gasteiger partial charge in [0.1, 0.15) is 0 Å². The smallest absolute Gasteiger partial charge is 0.240 e. The average Bonchev–Trinajstić information content (AvgIpc) is 1.98. The maximum atomic E-state index is 12.7. The van der Waals surface area contributed by atoms with Crippen molar-refractivity contribution < 1.29 is 30.7 Å². The summed E-state index contributed by atoms with van der Waals surface area (Å²) in [7, 11) is 0. The van der Waals surface area contributed by atoms with Gasteiger partial charge in [0.15, 0.2) is 18.0 Å². The van der Waals surface area contributed by atoms with Crippen molar-refractivity contribution in [1.82, 2.24) is 0 Å². The van der Waals surface area contributed by atoms with Crippen LogP contribution in [0.5, 0.6) is 0 Å². The SMILES string of the molecule is CC1(F)C(F)C(F)C1(F)C(F)(F)F. The molecule has 1 fully saturated rings. The van der Waals surface area contributed by atoms with Crippen molar-refractivity contribution in [3.63, 3.8) is 0 Å². The summed E-state index contributed by atoms with van der Waals surface area (Å²) in [5.41, 5.74) is -8.57. The largest absolute Gasteiger partial charge is 0.428 e. The summed E-state index contributed by atoms with van der Waals surface area (Å²) in [6.07, 6.45) is -12.3. The summed E-state index contributed by atoms with van der Waals surface area (Å²) < 4.78 is 85.2. The van der Waals surface area contributed by atoms with Crippen molar-refractivity contribution in [2.24, 2.45) is 0 Å². The molecule has 0 amide bonds. The lowest BCUT2D eigenvalue weighted by Gasteiger charge is -2.51. The minimum Gasteiger partial charge on any atom is -0.240 e. The summed E-state index contributed by atoms with van der Waals surface area (Å²) in [5, 5.41) is 0. The zero-order valence-corrected chi connectivity index (χ0v) is 6.30. The zero-order valence-electron chi connectivity index (χ0n) is 6.30. The summed E-state index contributed by atoms with van der Waals surface area (Å²) in [5.74, 6) is 0. The summed E-state index contributed by atoms with van der Waals surface area (Å²) in [4.78, 5) is 0. The number of hydrogen-bond acceptors (Lipinski definition) is 0. The molecular formula is C6H5F7. The topological polar surface area (TPSA) is 0 Å². The fourth-order valence-corrected chi connectivity index (χ4v) is 1.28. The van der Waals surface area contributed by atoms with E-state index in [1.165, 1.54) is 0 Å². The normalized spacial score (nSPS) is 51.7. The van der Waals surface area contributed by atoms with Crippen LogP contribution in [0, 0.1) is 0 Å². The first-order valence-electron chi connectivity index (χ1n) is 3.29. The van der Waals surface area contributed by atoms with E-state index in [0.29, 0.717) is 0 Å². The predicted molar refractivity (Wildman–Crippen MR) is 29.2 cm³/mol. The van der Waals surface area contributed by atoms with Crippen molar-refractivity contribution in [2.75, 3.05) is 0 Å². The summed E-state index contributed by atoms with van der Waals surface area (Å²) in [6, 6.07) is 0. The van der Waals surface area contributed by atoms with Crippen molar-refractivity contribution >= 4 is 0 Å². The molecule has 0 bridgehead atoms. The van der Waals surface area contributed by atoms with Crippen LogP contribution in [0.1, 0.15) is 6.92 Å². The van der Waals surface area contributed by atoms with Crippen LogP contribution in [0.3, 0.4) is 0 Å². The predicted octanol–water partition coefficient (Wildman–Crippen LogP) is 2.68. The molecule has 13 heavy (non-hydrogen) atoms. The Labute approximate surface area is 68.7 Å². The fourth-order valence-electron chi connectivity index (χ4n) is 1.28. The molecule has 0 heterocycles. The van der Waals surface area contributed by atoms with E-state index < -0.39 is 29.9 Å². The van der Waals surface area contributed by atoms with E-state index in [4.69, 9.17) is 0 Å². The molecule has 4 unspecified atom stereocenters. The summed E-state index contributed by atoms with van der Waals surface area (Å²) in [6.45, 7) is 0.0568. The number of halogens is 7. The number of alkyl halides is 7. The molecule has 1 aliphatic rings. The first-order chi connectivity index (χ1) is 5.57. The van der Waals surface area contributed by atoms with Gasteiger partial charge in [-0.3, -0.25) is 0 Å². The Kier molecular flexibility index (Phi) is 1.87. The third kappa shape index (κ3) is 0.927. The van der Waals surface area contributed by atoms with Crippen LogP contribution in [0.25, 0.3) is 0 Å². The van der Waals surface area contributed by atoms with Gasteiger partial charge in [-0.2, -0.15) is 13.2 Å². The summed E-state index contributed by atoms with van der Waals surface area (Å²) >= 11 is 0. The second kappa shape index (κ2) is 2.30. The van der Waals surface area contributed by atoms with Gasteiger partial charge in [0, 0.05) is 0 Å². The van der Waals surface area contributed by atoms with E-state index in [1.807, 2.05) is 0 Å². The molecule has 1 rings (SSSR count). The molecular weight excluding hydrogens is 205 g/mol. The molecule has 0 radical (unpaired) electrons. The van der Waals surface area contributed by atoms with E-state index in [9.17, 15) is 30.7 Å². The van der Waals surface area contributed by atoms with E-state index in [0.717, 1.165) is 0 Å². The Balaban J connectivity index is 3.06. The van der Waals surface area contributed by atoms with Crippen LogP contribution in [-0.4, -0.2) is 29.9 Å². The Hall–Kier alpha value is -0.490. The Morgan fingerprint density at radius 1 is 1.00 bits per heavy atom. The van der Waals surface area contributed by atoms with Crippen LogP contribution in [0.15, 0.2) is 0 Å². The lowest BCUT2D eigenvalue weighted by Crippen LogP contribution is -2.78. The molecule has 0 nitrogen and oxygen atoms in total. The van der Waals surface area contributed by atoms with Gasteiger partial charge in [-0.15, -0.1) is 0 Å². The van der Waals surface area contributed by atoms with Gasteiger partial charge in [-0.1, -0.05) is 0 Å². The van der Waals surface area contributed by atoms with Crippen LogP contribution in [0.4, 0.5) is 30.7 Å². The third-order valence-electron chi connectivity index (χ3n) is 2.28. The molecule has 1 aliphatic carbocycles. The van der Waals surface area contributed by atoms with Gasteiger partial charge in [0.25, 0.3) is 5.67 Å². The standard InChI is InChI=1S/C6H5F7/c1-4(9)2(7)3(8)5(4,10)6(11,12)13/h2-3H,1H3. The van der Waals surface area contributed by atoms with E-state index in [2.05, 4.69) is 0 Å². The lowest BCUT2D eigenvalue weighted by atomic mass is 9.65. The maximum Gasteiger partial charge on any atom is 0.428 e. The van der Waals surface area contributed by atoms with E-state index in [-0.39, 0.29) is 6.92 Å². The first kappa shape index (κ1) is 10.6. The quantitative estimate of drug-likeness (QED) is 0.539. The molecule has 4 atom stereocenters. The average molecular weight is 210 g/mol. The number of rotatable bonds is 0. The van der Waals surface area contributed by atoms with Gasteiger partial charge in [-0.05, 0) is 6.92 Å². The highest BCUT2D eigenvalue weighted by Crippen LogP contribution is 2.59. The Morgan fingerprint density at radius 3 is 1.54 bits per heavy atom. The fraction of sp³-hybridized carbons (Fsp3) is 1.00. The number of hydrogen-bond donors (Lipinski definition) is 0. The minimum absolute atomic E-state index is 0.0568. The molecule has 78 valence electrons. The van der Waals surface area contributed by atoms with Crippen LogP contribution in [-0.2, 0) is 0 Å². The zero-order chi connectivity index (χ0) is 10.7. The highest BCUT2D eigenvalue weighted by Gasteiger charge is 2.85. The Bertz CT molecular complexity index is 220. The second-order valence-electron chi connectivity index (χ2n) is 3.09. The first-order valence-corrected chi connectivity index (χ1v) is 3.29. The molecule has 0 saturated heterocycles. The van der Waals surface area contributed by atoms with E-state index in [1.54, 1.807) is 0 Å². The molecule has 0 aliphatic heterocycles. The van der Waals surface area contributed by atoms with Crippen LogP contribution >= 0.6 is 0 Å². The van der Waals surface area contributed by atoms with Crippen LogP contribution < -0.4 is 0 Å². The van der Waals surface area contributed by atoms with Crippen molar-refractivity contribution in [3.05, 3.63) is 0 Å². The molecule has 7 heteroatoms. The molecule has 0 aromatic heterocycles. The van der Waals surface area contributed by atoms with Crippen molar-refractivity contribution in [1.29, 1.82) is 0 Å². The molecule has 0 spiro atoms. The Morgan fingerprint density at radius 2 is 1.38 bits per heavy atom. The van der Waals surface area contributed by atoms with Gasteiger partial charge in [0.05, 0.1) is 0 Å². The third-order valence-corrected chi connectivity index (χ3v) is 2.28. The van der Waals surface area contributed by atoms with Gasteiger partial charge < -0.3 is 0 Å². The monoisotopic (exact) mass is 210 g/mol. The van der Waals surface area contributed by atoms with Gasteiger partial charge >= 0.3 is 6.18 Å². The highest BCUT2D eigenvalue weighted by molar-refractivity contribution is 5.24. The van der Waals surface area contributed by atoms with E-state index >= 15 is 0 Å². The van der Waals surface area contributed by atoms with Crippen LogP contribution in [0.2, 0.25) is 0 Å². The van der Waals surface area contributed by atoms with Crippen molar-refractivity contribution in [3.8, 4) is 0 Å². The molecule has 1 saturated carbocycles. The highest BCUT2D eigenvalue weighted by atomic mass is 19.4. The molecule has 0 N–H and O–H groups in total. The second-order valence-corrected chi connectivity index (χ2v) is 3.09. The van der Waals surface area contributed by atoms with Gasteiger partial charge in [-0.25, -0.2) is 17.6 Å². The minimum atomic E-state index is -5.74. The lowest BCUT2D eigenvalue weighted by molar-refractivity contribution is -0.355. The molecule has 0 aromatic rings. The van der Waals surface area contributed by atoms with Gasteiger partial charge in [0.2, 0.25) is 0 Å². The maximum absolute atomic E-state index is 12.7. The molecule has 0 aromatic carbocycles. The van der Waals surface area contributed by atoms with Crippen molar-refractivity contribution in [2.45, 2.75) is 36.8 Å².